The van der Waals surface area contributed by atoms with E-state index in [0.29, 0.717) is 5.52 Å². The topological polar surface area (TPSA) is 73.4 Å². The predicted molar refractivity (Wildman–Crippen MR) is 64.4 cm³/mol. The van der Waals surface area contributed by atoms with Crippen molar-refractivity contribution in [2.45, 2.75) is 0 Å². The summed E-state index contributed by atoms with van der Waals surface area (Å²) >= 11 is 1.48. The van der Waals surface area contributed by atoms with Gasteiger partial charge in [0.1, 0.15) is 12.1 Å². The fourth-order valence-corrected chi connectivity index (χ4v) is 2.80. The van der Waals surface area contributed by atoms with E-state index in [2.05, 4.69) is 9.97 Å². The second kappa shape index (κ2) is 3.51. The molecule has 3 rings (SSSR count). The molecule has 17 heavy (non-hydrogen) atoms. The van der Waals surface area contributed by atoms with Crippen molar-refractivity contribution in [3.63, 3.8) is 0 Å². The predicted octanol–water partition coefficient (Wildman–Crippen LogP) is 2.59. The summed E-state index contributed by atoms with van der Waals surface area (Å²) in [6, 6.07) is 11.6. The third kappa shape index (κ3) is 1.34. The second-order valence-electron chi connectivity index (χ2n) is 3.40. The maximum Gasteiger partial charge on any atom is 0.234 e. The van der Waals surface area contributed by atoms with Crippen molar-refractivity contribution in [2.24, 2.45) is 0 Å². The summed E-state index contributed by atoms with van der Waals surface area (Å²) in [7, 11) is 0. The zero-order chi connectivity index (χ0) is 11.8. The molecular formula is C12H4N4S. The average molecular weight is 236 g/mol. The van der Waals surface area contributed by atoms with Crippen LogP contribution < -0.4 is 0 Å². The highest BCUT2D eigenvalue weighted by Gasteiger charge is 2.12. The lowest BCUT2D eigenvalue weighted by Crippen LogP contribution is -1.92. The van der Waals surface area contributed by atoms with Gasteiger partial charge in [-0.05, 0) is 6.07 Å². The molecule has 0 aliphatic rings. The van der Waals surface area contributed by atoms with Crippen LogP contribution in [-0.4, -0.2) is 9.97 Å². The van der Waals surface area contributed by atoms with Crippen molar-refractivity contribution in [3.05, 3.63) is 35.8 Å². The standard InChI is InChI=1S/C12H4N4S/c13-5-8-12-11(16-10(6-14)15-8)7-3-1-2-4-9(7)17-12/h1-4H. The molecule has 0 amide bonds. The molecule has 2 aromatic heterocycles. The minimum Gasteiger partial charge on any atom is -0.217 e. The Balaban J connectivity index is 2.58. The Morgan fingerprint density at radius 1 is 1.06 bits per heavy atom. The molecule has 0 aliphatic heterocycles. The number of rotatable bonds is 0. The summed E-state index contributed by atoms with van der Waals surface area (Å²) in [5, 5.41) is 18.8. The number of nitrogens with zero attached hydrogens (tertiary/aromatic N) is 4. The molecule has 0 saturated carbocycles. The van der Waals surface area contributed by atoms with E-state index in [4.69, 9.17) is 10.5 Å². The zero-order valence-electron chi connectivity index (χ0n) is 8.51. The second-order valence-corrected chi connectivity index (χ2v) is 4.45. The molecule has 0 unspecified atom stereocenters. The van der Waals surface area contributed by atoms with Crippen LogP contribution in [0.5, 0.6) is 0 Å². The number of hydrogen-bond donors (Lipinski definition) is 0. The Bertz CT molecular complexity index is 820. The summed E-state index contributed by atoms with van der Waals surface area (Å²) in [6.07, 6.45) is 0. The van der Waals surface area contributed by atoms with Gasteiger partial charge in [-0.3, -0.25) is 0 Å². The number of nitriles is 2. The lowest BCUT2D eigenvalue weighted by atomic mass is 10.2. The van der Waals surface area contributed by atoms with Gasteiger partial charge in [-0.1, -0.05) is 18.2 Å². The summed E-state index contributed by atoms with van der Waals surface area (Å²) in [4.78, 5) is 8.09. The molecule has 1 aromatic carbocycles. The number of thiophene rings is 1. The summed E-state index contributed by atoms with van der Waals surface area (Å²) in [6.45, 7) is 0. The van der Waals surface area contributed by atoms with Crippen LogP contribution in [0.2, 0.25) is 0 Å². The summed E-state index contributed by atoms with van der Waals surface area (Å²) < 4.78 is 1.79. The molecule has 0 bridgehead atoms. The van der Waals surface area contributed by atoms with E-state index in [-0.39, 0.29) is 11.5 Å². The number of aromatic nitrogens is 2. The first-order valence-corrected chi connectivity index (χ1v) is 5.64. The van der Waals surface area contributed by atoms with Crippen molar-refractivity contribution in [1.82, 2.24) is 9.97 Å². The van der Waals surface area contributed by atoms with Gasteiger partial charge < -0.3 is 0 Å². The molecule has 0 N–H and O–H groups in total. The molecule has 0 saturated heterocycles. The van der Waals surface area contributed by atoms with Crippen molar-refractivity contribution in [1.29, 1.82) is 10.5 Å². The molecular weight excluding hydrogens is 232 g/mol. The molecule has 5 heteroatoms. The van der Waals surface area contributed by atoms with E-state index in [9.17, 15) is 0 Å². The van der Waals surface area contributed by atoms with Crippen molar-refractivity contribution in [2.75, 3.05) is 0 Å². The number of hydrogen-bond acceptors (Lipinski definition) is 5. The van der Waals surface area contributed by atoms with Crippen LogP contribution >= 0.6 is 11.3 Å². The third-order valence-electron chi connectivity index (χ3n) is 2.43. The molecule has 0 spiro atoms. The largest absolute Gasteiger partial charge is 0.234 e. The van der Waals surface area contributed by atoms with Gasteiger partial charge >= 0.3 is 0 Å². The molecule has 78 valence electrons. The van der Waals surface area contributed by atoms with Crippen LogP contribution in [0.3, 0.4) is 0 Å². The van der Waals surface area contributed by atoms with Gasteiger partial charge in [0.15, 0.2) is 5.69 Å². The Hall–Kier alpha value is -2.50. The summed E-state index contributed by atoms with van der Waals surface area (Å²) in [5.74, 6) is 0.0394. The van der Waals surface area contributed by atoms with E-state index in [1.54, 1.807) is 0 Å². The molecule has 4 nitrogen and oxygen atoms in total. The maximum absolute atomic E-state index is 9.04. The zero-order valence-corrected chi connectivity index (χ0v) is 9.32. The highest BCUT2D eigenvalue weighted by atomic mass is 32.1. The van der Waals surface area contributed by atoms with Crippen LogP contribution in [0.1, 0.15) is 11.5 Å². The number of fused-ring (bicyclic) bond motifs is 3. The molecule has 0 aliphatic carbocycles. The van der Waals surface area contributed by atoms with E-state index < -0.39 is 0 Å². The first-order valence-electron chi connectivity index (χ1n) is 4.83. The fraction of sp³-hybridized carbons (Fsp3) is 0. The Morgan fingerprint density at radius 2 is 1.88 bits per heavy atom. The van der Waals surface area contributed by atoms with Gasteiger partial charge in [0.2, 0.25) is 5.82 Å². The average Bonchev–Trinajstić information content (AvgIpc) is 2.76. The first kappa shape index (κ1) is 9.71. The van der Waals surface area contributed by atoms with Crippen LogP contribution in [0.25, 0.3) is 20.3 Å². The summed E-state index contributed by atoms with van der Waals surface area (Å²) in [5.41, 5.74) is 0.960. The lowest BCUT2D eigenvalue weighted by Gasteiger charge is -1.93. The third-order valence-corrected chi connectivity index (χ3v) is 3.59. The minimum absolute atomic E-state index is 0.0394. The smallest absolute Gasteiger partial charge is 0.217 e. The van der Waals surface area contributed by atoms with E-state index >= 15 is 0 Å². The van der Waals surface area contributed by atoms with E-state index in [1.165, 1.54) is 11.3 Å². The monoisotopic (exact) mass is 236 g/mol. The first-order chi connectivity index (χ1) is 8.33. The van der Waals surface area contributed by atoms with Crippen molar-refractivity contribution < 1.29 is 0 Å². The molecule has 2 heterocycles. The number of benzene rings is 1. The van der Waals surface area contributed by atoms with Gasteiger partial charge in [-0.15, -0.1) is 11.3 Å². The maximum atomic E-state index is 9.04. The van der Waals surface area contributed by atoms with Crippen LogP contribution in [0.15, 0.2) is 24.3 Å². The van der Waals surface area contributed by atoms with Gasteiger partial charge in [0, 0.05) is 10.1 Å². The Morgan fingerprint density at radius 3 is 2.65 bits per heavy atom. The van der Waals surface area contributed by atoms with Gasteiger partial charge in [-0.25, -0.2) is 9.97 Å². The fourth-order valence-electron chi connectivity index (χ4n) is 1.72. The minimum atomic E-state index is 0.0394. The van der Waals surface area contributed by atoms with Crippen molar-refractivity contribution >= 4 is 31.6 Å². The van der Waals surface area contributed by atoms with E-state index in [0.717, 1.165) is 14.8 Å². The molecule has 3 aromatic rings. The van der Waals surface area contributed by atoms with Crippen molar-refractivity contribution in [3.8, 4) is 12.1 Å². The highest BCUT2D eigenvalue weighted by Crippen LogP contribution is 2.33. The van der Waals surface area contributed by atoms with Crippen LogP contribution in [0.4, 0.5) is 0 Å². The van der Waals surface area contributed by atoms with Crippen LogP contribution in [0, 0.1) is 22.7 Å². The van der Waals surface area contributed by atoms with Gasteiger partial charge in [-0.2, -0.15) is 10.5 Å². The van der Waals surface area contributed by atoms with E-state index in [1.807, 2.05) is 36.4 Å². The Labute approximate surface area is 100 Å². The lowest BCUT2D eigenvalue weighted by molar-refractivity contribution is 1.14. The SMILES string of the molecule is N#Cc1nc(C#N)c2sc3ccccc3c2n1. The van der Waals surface area contributed by atoms with Gasteiger partial charge in [0.25, 0.3) is 0 Å². The molecule has 0 fully saturated rings. The van der Waals surface area contributed by atoms with Crippen LogP contribution in [-0.2, 0) is 0 Å². The quantitative estimate of drug-likeness (QED) is 0.601. The Kier molecular flexibility index (Phi) is 2.01. The molecule has 0 atom stereocenters. The molecule has 0 radical (unpaired) electrons. The normalized spacial score (nSPS) is 10.2. The van der Waals surface area contributed by atoms with Gasteiger partial charge in [0.05, 0.1) is 10.2 Å². The highest BCUT2D eigenvalue weighted by molar-refractivity contribution is 7.26.